The molecule has 122 valence electrons. The van der Waals surface area contributed by atoms with Crippen LogP contribution in [0.25, 0.3) is 22.3 Å². The Kier molecular flexibility index (Phi) is 2.26. The standard InChI is InChI=1S/C25H22/c1-15-8-11-21-19(14-15)18-10-9-17-16-6-4-5-7-20(16)24(2)12-13-25(21,3)23(18)22(17)24/h4-11,14H,12-13H2,1-3H3. The zero-order valence-corrected chi connectivity index (χ0v) is 15.1. The number of rotatable bonds is 0. The minimum atomic E-state index is 0.172. The van der Waals surface area contributed by atoms with Crippen molar-refractivity contribution in [1.29, 1.82) is 0 Å². The number of aryl methyl sites for hydroxylation is 1. The van der Waals surface area contributed by atoms with Gasteiger partial charge in [0, 0.05) is 10.8 Å². The van der Waals surface area contributed by atoms with E-state index in [1.807, 2.05) is 0 Å². The molecule has 0 aromatic heterocycles. The molecule has 3 aromatic carbocycles. The molecule has 3 aliphatic rings. The molecule has 0 amide bonds. The molecule has 0 radical (unpaired) electrons. The highest BCUT2D eigenvalue weighted by atomic mass is 14.6. The van der Waals surface area contributed by atoms with E-state index in [0.29, 0.717) is 0 Å². The Hall–Kier alpha value is -2.34. The minimum Gasteiger partial charge on any atom is -0.0619 e. The smallest absolute Gasteiger partial charge is 0.0190 e. The fraction of sp³-hybridized carbons (Fsp3) is 0.280. The van der Waals surface area contributed by atoms with Crippen LogP contribution in [-0.4, -0.2) is 0 Å². The molecule has 0 heterocycles. The predicted molar refractivity (Wildman–Crippen MR) is 104 cm³/mol. The van der Waals surface area contributed by atoms with E-state index >= 15 is 0 Å². The molecule has 3 aromatic rings. The normalized spacial score (nSPS) is 27.0. The Morgan fingerprint density at radius 2 is 1.24 bits per heavy atom. The number of hydrogen-bond acceptors (Lipinski definition) is 0. The second-order valence-electron chi connectivity index (χ2n) is 8.67. The molecule has 0 fully saturated rings. The molecule has 0 nitrogen and oxygen atoms in total. The van der Waals surface area contributed by atoms with E-state index in [4.69, 9.17) is 0 Å². The zero-order chi connectivity index (χ0) is 17.0. The molecular weight excluding hydrogens is 300 g/mol. The maximum absolute atomic E-state index is 2.48. The second kappa shape index (κ2) is 4.07. The average molecular weight is 322 g/mol. The monoisotopic (exact) mass is 322 g/mol. The van der Waals surface area contributed by atoms with Crippen LogP contribution in [0.4, 0.5) is 0 Å². The van der Waals surface area contributed by atoms with E-state index in [-0.39, 0.29) is 10.8 Å². The first-order chi connectivity index (χ1) is 12.0. The summed E-state index contributed by atoms with van der Waals surface area (Å²) in [7, 11) is 0. The molecule has 25 heavy (non-hydrogen) atoms. The van der Waals surface area contributed by atoms with Gasteiger partial charge in [0.05, 0.1) is 0 Å². The third-order valence-corrected chi connectivity index (χ3v) is 7.31. The van der Waals surface area contributed by atoms with Crippen molar-refractivity contribution in [3.05, 3.63) is 82.4 Å². The Balaban J connectivity index is 1.78. The maximum atomic E-state index is 2.48. The van der Waals surface area contributed by atoms with E-state index < -0.39 is 0 Å². The quantitative estimate of drug-likeness (QED) is 0.451. The fourth-order valence-corrected chi connectivity index (χ4v) is 6.05. The molecule has 2 unspecified atom stereocenters. The summed E-state index contributed by atoms with van der Waals surface area (Å²) in [6.45, 7) is 7.17. The van der Waals surface area contributed by atoms with Gasteiger partial charge in [-0.1, -0.05) is 74.0 Å². The van der Waals surface area contributed by atoms with Gasteiger partial charge in [0.15, 0.2) is 0 Å². The van der Waals surface area contributed by atoms with Gasteiger partial charge in [-0.05, 0) is 64.3 Å². The van der Waals surface area contributed by atoms with Crippen LogP contribution in [0.1, 0.15) is 54.5 Å². The van der Waals surface area contributed by atoms with Crippen LogP contribution in [0.5, 0.6) is 0 Å². The molecule has 0 bridgehead atoms. The van der Waals surface area contributed by atoms with Gasteiger partial charge < -0.3 is 0 Å². The lowest BCUT2D eigenvalue weighted by atomic mass is 9.61. The lowest BCUT2D eigenvalue weighted by Gasteiger charge is -2.42. The van der Waals surface area contributed by atoms with Crippen molar-refractivity contribution in [3.8, 4) is 22.3 Å². The van der Waals surface area contributed by atoms with Gasteiger partial charge in [0.1, 0.15) is 0 Å². The maximum Gasteiger partial charge on any atom is 0.0190 e. The van der Waals surface area contributed by atoms with Crippen LogP contribution in [-0.2, 0) is 10.8 Å². The van der Waals surface area contributed by atoms with Gasteiger partial charge in [-0.3, -0.25) is 0 Å². The van der Waals surface area contributed by atoms with Gasteiger partial charge in [0.25, 0.3) is 0 Å². The van der Waals surface area contributed by atoms with Crippen molar-refractivity contribution in [3.63, 3.8) is 0 Å². The van der Waals surface area contributed by atoms with Crippen molar-refractivity contribution in [1.82, 2.24) is 0 Å². The topological polar surface area (TPSA) is 0 Å². The first kappa shape index (κ1) is 13.9. The number of fused-ring (bicyclic) bond motifs is 6. The van der Waals surface area contributed by atoms with Gasteiger partial charge in [0.2, 0.25) is 0 Å². The number of benzene rings is 3. The zero-order valence-electron chi connectivity index (χ0n) is 15.1. The third-order valence-electron chi connectivity index (χ3n) is 7.31. The summed E-state index contributed by atoms with van der Waals surface area (Å²) < 4.78 is 0. The van der Waals surface area contributed by atoms with Gasteiger partial charge >= 0.3 is 0 Å². The Bertz CT molecular complexity index is 1090. The largest absolute Gasteiger partial charge is 0.0619 e. The molecule has 3 aliphatic carbocycles. The van der Waals surface area contributed by atoms with Crippen LogP contribution < -0.4 is 0 Å². The third kappa shape index (κ3) is 1.39. The van der Waals surface area contributed by atoms with Crippen molar-refractivity contribution in [2.24, 2.45) is 0 Å². The lowest BCUT2D eigenvalue weighted by molar-refractivity contribution is 0.382. The minimum absolute atomic E-state index is 0.172. The van der Waals surface area contributed by atoms with Crippen LogP contribution in [0, 0.1) is 6.92 Å². The molecule has 6 rings (SSSR count). The summed E-state index contributed by atoms with van der Waals surface area (Å²) in [6, 6.07) is 20.9. The Labute approximate surface area is 149 Å². The summed E-state index contributed by atoms with van der Waals surface area (Å²) in [4.78, 5) is 0. The average Bonchev–Trinajstić information content (AvgIpc) is 3.03. The number of hydrogen-bond donors (Lipinski definition) is 0. The summed E-state index contributed by atoms with van der Waals surface area (Å²) in [5, 5.41) is 0. The SMILES string of the molecule is Cc1ccc2c(c1)-c1ccc3c4c1C2(C)CCC4(C)c1ccccc1-3. The molecule has 0 aliphatic heterocycles. The summed E-state index contributed by atoms with van der Waals surface area (Å²) >= 11 is 0. The summed E-state index contributed by atoms with van der Waals surface area (Å²) in [5.41, 5.74) is 13.9. The van der Waals surface area contributed by atoms with Crippen LogP contribution in [0.15, 0.2) is 54.6 Å². The molecule has 0 saturated heterocycles. The second-order valence-corrected chi connectivity index (χ2v) is 8.67. The van der Waals surface area contributed by atoms with E-state index in [1.54, 1.807) is 16.7 Å². The van der Waals surface area contributed by atoms with Crippen LogP contribution in [0.3, 0.4) is 0 Å². The first-order valence-electron chi connectivity index (χ1n) is 9.43. The van der Waals surface area contributed by atoms with Gasteiger partial charge in [-0.2, -0.15) is 0 Å². The van der Waals surface area contributed by atoms with Gasteiger partial charge in [-0.25, -0.2) is 0 Å². The Morgan fingerprint density at radius 3 is 1.96 bits per heavy atom. The first-order valence-corrected chi connectivity index (χ1v) is 9.43. The highest BCUT2D eigenvalue weighted by molar-refractivity contribution is 5.92. The van der Waals surface area contributed by atoms with E-state index in [2.05, 4.69) is 75.4 Å². The van der Waals surface area contributed by atoms with E-state index in [1.165, 1.54) is 46.2 Å². The molecule has 0 heteroatoms. The fourth-order valence-electron chi connectivity index (χ4n) is 6.05. The highest BCUT2D eigenvalue weighted by Crippen LogP contribution is 2.64. The van der Waals surface area contributed by atoms with Crippen molar-refractivity contribution < 1.29 is 0 Å². The van der Waals surface area contributed by atoms with E-state index in [0.717, 1.165) is 0 Å². The van der Waals surface area contributed by atoms with Crippen molar-refractivity contribution >= 4 is 0 Å². The highest BCUT2D eigenvalue weighted by Gasteiger charge is 2.53. The van der Waals surface area contributed by atoms with Crippen LogP contribution >= 0.6 is 0 Å². The molecule has 0 N–H and O–H groups in total. The molecule has 0 saturated carbocycles. The summed E-state index contributed by atoms with van der Waals surface area (Å²) in [5.74, 6) is 0. The van der Waals surface area contributed by atoms with Gasteiger partial charge in [-0.15, -0.1) is 0 Å². The van der Waals surface area contributed by atoms with Crippen molar-refractivity contribution in [2.45, 2.75) is 44.4 Å². The summed E-state index contributed by atoms with van der Waals surface area (Å²) in [6.07, 6.45) is 2.47. The Morgan fingerprint density at radius 1 is 0.640 bits per heavy atom. The van der Waals surface area contributed by atoms with E-state index in [9.17, 15) is 0 Å². The molecular formula is C25H22. The van der Waals surface area contributed by atoms with Crippen molar-refractivity contribution in [2.75, 3.05) is 0 Å². The van der Waals surface area contributed by atoms with Crippen LogP contribution in [0.2, 0.25) is 0 Å². The lowest BCUT2D eigenvalue weighted by Crippen LogP contribution is -2.35. The molecule has 2 atom stereocenters. The predicted octanol–water partition coefficient (Wildman–Crippen LogP) is 6.36. The molecule has 0 spiro atoms.